The number of aromatic nitrogens is 4. The molecule has 6 nitrogen and oxygen atoms in total. The molecule has 0 aliphatic heterocycles. The zero-order valence-corrected chi connectivity index (χ0v) is 11.7. The van der Waals surface area contributed by atoms with Crippen molar-refractivity contribution in [1.82, 2.24) is 20.2 Å². The van der Waals surface area contributed by atoms with Crippen LogP contribution in [0.1, 0.15) is 13.8 Å². The Morgan fingerprint density at radius 2 is 2.16 bits per heavy atom. The predicted octanol–water partition coefficient (Wildman–Crippen LogP) is 2.06. The molecule has 0 amide bonds. The number of tetrazole rings is 1. The van der Waals surface area contributed by atoms with Crippen LogP contribution in [0.5, 0.6) is 0 Å². The van der Waals surface area contributed by atoms with Gasteiger partial charge >= 0.3 is 5.97 Å². The molecule has 2 rings (SSSR count). The minimum atomic E-state index is -1.31. The van der Waals surface area contributed by atoms with Gasteiger partial charge in [0.05, 0.1) is 0 Å². The predicted molar refractivity (Wildman–Crippen MR) is 67.9 cm³/mol. The molecule has 8 heteroatoms. The monoisotopic (exact) mass is 328 g/mol. The number of aliphatic carboxylic acids is 1. The molecular weight excluding hydrogens is 319 g/mol. The number of carboxylic acid groups (broad SMARTS) is 1. The van der Waals surface area contributed by atoms with Crippen molar-refractivity contribution in [2.75, 3.05) is 0 Å². The van der Waals surface area contributed by atoms with E-state index in [4.69, 9.17) is 0 Å². The fraction of sp³-hybridized carbons (Fsp3) is 0.273. The van der Waals surface area contributed by atoms with Gasteiger partial charge in [-0.15, -0.1) is 5.10 Å². The van der Waals surface area contributed by atoms with E-state index in [1.54, 1.807) is 0 Å². The van der Waals surface area contributed by atoms with Crippen molar-refractivity contribution in [3.05, 3.63) is 28.5 Å². The van der Waals surface area contributed by atoms with Crippen LogP contribution in [0.2, 0.25) is 0 Å². The van der Waals surface area contributed by atoms with E-state index in [9.17, 15) is 14.3 Å². The van der Waals surface area contributed by atoms with E-state index >= 15 is 0 Å². The zero-order valence-electron chi connectivity index (χ0n) is 10.1. The molecule has 0 unspecified atom stereocenters. The van der Waals surface area contributed by atoms with E-state index < -0.39 is 17.3 Å². The van der Waals surface area contributed by atoms with Gasteiger partial charge in [-0.2, -0.15) is 0 Å². The van der Waals surface area contributed by atoms with E-state index in [2.05, 4.69) is 31.5 Å². The van der Waals surface area contributed by atoms with Crippen molar-refractivity contribution in [2.45, 2.75) is 19.4 Å². The maximum absolute atomic E-state index is 13.1. The second-order valence-electron chi connectivity index (χ2n) is 4.40. The Bertz CT molecular complexity index is 641. The molecule has 0 radical (unpaired) electrons. The van der Waals surface area contributed by atoms with Crippen molar-refractivity contribution in [3.8, 4) is 11.4 Å². The number of carbonyl (C=O) groups is 1. The fourth-order valence-corrected chi connectivity index (χ4v) is 2.02. The van der Waals surface area contributed by atoms with Crippen LogP contribution in [-0.4, -0.2) is 31.3 Å². The van der Waals surface area contributed by atoms with Crippen molar-refractivity contribution in [3.63, 3.8) is 0 Å². The van der Waals surface area contributed by atoms with Crippen molar-refractivity contribution in [1.29, 1.82) is 0 Å². The smallest absolute Gasteiger partial charge is 0.331 e. The molecule has 100 valence electrons. The van der Waals surface area contributed by atoms with Crippen molar-refractivity contribution in [2.24, 2.45) is 0 Å². The first-order valence-corrected chi connectivity index (χ1v) is 6.11. The molecule has 0 fully saturated rings. The van der Waals surface area contributed by atoms with Crippen LogP contribution in [0.3, 0.4) is 0 Å². The molecule has 0 atom stereocenters. The minimum absolute atomic E-state index is 0.249. The Morgan fingerprint density at radius 1 is 1.47 bits per heavy atom. The van der Waals surface area contributed by atoms with E-state index in [0.717, 1.165) is 0 Å². The van der Waals surface area contributed by atoms with E-state index in [1.807, 2.05) is 0 Å². The zero-order chi connectivity index (χ0) is 14.2. The van der Waals surface area contributed by atoms with Crippen molar-refractivity contribution < 1.29 is 14.3 Å². The average molecular weight is 329 g/mol. The highest BCUT2D eigenvalue weighted by Gasteiger charge is 2.34. The Morgan fingerprint density at radius 3 is 2.74 bits per heavy atom. The summed E-state index contributed by atoms with van der Waals surface area (Å²) in [4.78, 5) is 11.3. The first-order chi connectivity index (χ1) is 8.84. The highest BCUT2D eigenvalue weighted by atomic mass is 79.9. The van der Waals surface area contributed by atoms with E-state index in [0.29, 0.717) is 10.0 Å². The van der Waals surface area contributed by atoms with Gasteiger partial charge in [0.15, 0.2) is 11.4 Å². The Labute approximate surface area is 116 Å². The third kappa shape index (κ3) is 2.35. The molecule has 1 aromatic carbocycles. The normalized spacial score (nSPS) is 11.6. The lowest BCUT2D eigenvalue weighted by atomic mass is 10.1. The lowest BCUT2D eigenvalue weighted by molar-refractivity contribution is -0.146. The summed E-state index contributed by atoms with van der Waals surface area (Å²) in [7, 11) is 0. The van der Waals surface area contributed by atoms with Crippen LogP contribution in [-0.2, 0) is 10.3 Å². The number of hydrogen-bond donors (Lipinski definition) is 1. The van der Waals surface area contributed by atoms with Gasteiger partial charge in [0.1, 0.15) is 5.82 Å². The molecule has 0 bridgehead atoms. The molecular formula is C11H10BrFN4O2. The lowest BCUT2D eigenvalue weighted by Crippen LogP contribution is -2.37. The number of halogens is 2. The summed E-state index contributed by atoms with van der Waals surface area (Å²) in [5.74, 6) is -1.23. The molecule has 1 aromatic heterocycles. The van der Waals surface area contributed by atoms with Crippen LogP contribution in [0.15, 0.2) is 22.7 Å². The minimum Gasteiger partial charge on any atom is -0.479 e. The van der Waals surface area contributed by atoms with E-state index in [1.165, 1.54) is 36.7 Å². The molecule has 0 saturated heterocycles. The molecule has 0 spiro atoms. The number of benzene rings is 1. The van der Waals surface area contributed by atoms with Gasteiger partial charge in [-0.1, -0.05) is 0 Å². The Balaban J connectivity index is 2.60. The second kappa shape index (κ2) is 4.69. The molecule has 0 aliphatic carbocycles. The van der Waals surface area contributed by atoms with Crippen LogP contribution in [0, 0.1) is 5.82 Å². The highest BCUT2D eigenvalue weighted by Crippen LogP contribution is 2.29. The number of nitrogens with zero attached hydrogens (tertiary/aromatic N) is 4. The van der Waals surface area contributed by atoms with Crippen LogP contribution >= 0.6 is 15.9 Å². The first-order valence-electron chi connectivity index (χ1n) is 5.31. The van der Waals surface area contributed by atoms with Gasteiger partial charge in [0, 0.05) is 10.0 Å². The second-order valence-corrected chi connectivity index (χ2v) is 5.26. The molecule has 1 N–H and O–H groups in total. The number of carboxylic acids is 1. The van der Waals surface area contributed by atoms with Crippen LogP contribution < -0.4 is 0 Å². The third-order valence-corrected chi connectivity index (χ3v) is 3.35. The van der Waals surface area contributed by atoms with Gasteiger partial charge in [-0.3, -0.25) is 0 Å². The molecule has 0 aliphatic rings. The highest BCUT2D eigenvalue weighted by molar-refractivity contribution is 9.10. The molecule has 19 heavy (non-hydrogen) atoms. The van der Waals surface area contributed by atoms with Crippen molar-refractivity contribution >= 4 is 21.9 Å². The summed E-state index contributed by atoms with van der Waals surface area (Å²) in [5.41, 5.74) is -0.798. The summed E-state index contributed by atoms with van der Waals surface area (Å²) < 4.78 is 14.7. The van der Waals surface area contributed by atoms with Gasteiger partial charge < -0.3 is 5.11 Å². The van der Waals surface area contributed by atoms with Gasteiger partial charge in [-0.25, -0.2) is 13.9 Å². The maximum Gasteiger partial charge on any atom is 0.331 e. The van der Waals surface area contributed by atoms with E-state index in [-0.39, 0.29) is 5.82 Å². The largest absolute Gasteiger partial charge is 0.479 e. The SMILES string of the molecule is CC(C)(C(=O)O)n1nnnc1-c1ccc(F)cc1Br. The molecule has 0 saturated carbocycles. The lowest BCUT2D eigenvalue weighted by Gasteiger charge is -2.20. The summed E-state index contributed by atoms with van der Waals surface area (Å²) in [5, 5.41) is 20.2. The van der Waals surface area contributed by atoms with Crippen LogP contribution in [0.4, 0.5) is 4.39 Å². The first kappa shape index (κ1) is 13.6. The third-order valence-electron chi connectivity index (χ3n) is 2.69. The summed E-state index contributed by atoms with van der Waals surface area (Å²) in [6, 6.07) is 4.01. The fourth-order valence-electron chi connectivity index (χ4n) is 1.49. The molecule has 1 heterocycles. The molecule has 2 aromatic rings. The van der Waals surface area contributed by atoms with Gasteiger partial charge in [0.25, 0.3) is 0 Å². The van der Waals surface area contributed by atoms with Gasteiger partial charge in [0.2, 0.25) is 0 Å². The van der Waals surface area contributed by atoms with Gasteiger partial charge in [-0.05, 0) is 58.4 Å². The quantitative estimate of drug-likeness (QED) is 0.932. The Kier molecular flexibility index (Phi) is 3.36. The number of hydrogen-bond acceptors (Lipinski definition) is 4. The topological polar surface area (TPSA) is 80.9 Å². The Hall–Kier alpha value is -1.83. The summed E-state index contributed by atoms with van der Waals surface area (Å²) in [6.07, 6.45) is 0. The van der Waals surface area contributed by atoms with Crippen LogP contribution in [0.25, 0.3) is 11.4 Å². The summed E-state index contributed by atoms with van der Waals surface area (Å²) in [6.45, 7) is 2.96. The average Bonchev–Trinajstić information content (AvgIpc) is 2.78. The number of rotatable bonds is 3. The summed E-state index contributed by atoms with van der Waals surface area (Å²) >= 11 is 3.21. The standard InChI is InChI=1S/C11H10BrFN4O2/c1-11(2,10(18)19)17-9(14-15-16-17)7-4-3-6(13)5-8(7)12/h3-5H,1-2H3,(H,18,19). The maximum atomic E-state index is 13.1.